The molecule has 0 aliphatic carbocycles. The average Bonchev–Trinajstić information content (AvgIpc) is 2.89. The van der Waals surface area contributed by atoms with Gasteiger partial charge in [-0.05, 0) is 42.5 Å². The molecule has 0 saturated carbocycles. The topological polar surface area (TPSA) is 84.6 Å². The second kappa shape index (κ2) is 6.67. The van der Waals surface area contributed by atoms with Crippen molar-refractivity contribution in [3.8, 4) is 0 Å². The minimum absolute atomic E-state index is 0.0127. The van der Waals surface area contributed by atoms with Crippen molar-refractivity contribution < 1.29 is 9.72 Å². The first-order chi connectivity index (χ1) is 11.5. The van der Waals surface area contributed by atoms with Crippen LogP contribution in [-0.4, -0.2) is 16.0 Å². The predicted octanol–water partition coefficient (Wildman–Crippen LogP) is 3.79. The smallest absolute Gasteiger partial charge is 0.270 e. The van der Waals surface area contributed by atoms with E-state index in [1.165, 1.54) is 23.9 Å². The van der Waals surface area contributed by atoms with E-state index >= 15 is 0 Å². The normalized spacial score (nSPS) is 17.3. The van der Waals surface area contributed by atoms with Gasteiger partial charge in [0.05, 0.1) is 15.5 Å². The van der Waals surface area contributed by atoms with E-state index in [9.17, 15) is 14.9 Å². The average molecular weight is 339 g/mol. The molecule has 0 radical (unpaired) electrons. The molecule has 0 bridgehead atoms. The third-order valence-electron chi connectivity index (χ3n) is 3.29. The molecule has 1 saturated heterocycles. The van der Waals surface area contributed by atoms with Gasteiger partial charge in [-0.25, -0.2) is 4.99 Å². The van der Waals surface area contributed by atoms with Crippen molar-refractivity contribution in [2.75, 3.05) is 0 Å². The molecule has 2 aromatic carbocycles. The summed E-state index contributed by atoms with van der Waals surface area (Å²) in [6.45, 7) is 1.99. The molecule has 0 unspecified atom stereocenters. The summed E-state index contributed by atoms with van der Waals surface area (Å²) in [5.74, 6) is -0.266. The van der Waals surface area contributed by atoms with Gasteiger partial charge < -0.3 is 5.32 Å². The van der Waals surface area contributed by atoms with Crippen molar-refractivity contribution in [3.05, 3.63) is 74.7 Å². The number of nitrogens with zero attached hydrogens (tertiary/aromatic N) is 2. The summed E-state index contributed by atoms with van der Waals surface area (Å²) in [6, 6.07) is 13.8. The standard InChI is InChI=1S/C17H13N3O3S/c1-11-5-7-13(8-6-11)18-17-19-16(21)15(24-17)10-12-3-2-4-14(9-12)20(22)23/h2-10H,1H3,(H,18,19,21)/b15-10+. The van der Waals surface area contributed by atoms with Gasteiger partial charge in [0.15, 0.2) is 5.17 Å². The number of thioether (sulfide) groups is 1. The number of carbonyl (C=O) groups is 1. The van der Waals surface area contributed by atoms with Crippen molar-refractivity contribution in [1.82, 2.24) is 5.32 Å². The van der Waals surface area contributed by atoms with Gasteiger partial charge in [0.1, 0.15) is 0 Å². The molecule has 1 amide bonds. The Kier molecular flexibility index (Phi) is 4.43. The second-order valence-electron chi connectivity index (χ2n) is 5.17. The molecule has 120 valence electrons. The first kappa shape index (κ1) is 15.9. The van der Waals surface area contributed by atoms with Crippen LogP contribution in [0.5, 0.6) is 0 Å². The molecule has 1 fully saturated rings. The lowest BCUT2D eigenvalue weighted by Gasteiger charge is -1.97. The van der Waals surface area contributed by atoms with E-state index in [4.69, 9.17) is 0 Å². The summed E-state index contributed by atoms with van der Waals surface area (Å²) in [6.07, 6.45) is 1.62. The molecule has 2 aromatic rings. The summed E-state index contributed by atoms with van der Waals surface area (Å²) in [4.78, 5) is 27.2. The van der Waals surface area contributed by atoms with Gasteiger partial charge in [0, 0.05) is 12.1 Å². The van der Waals surface area contributed by atoms with E-state index in [2.05, 4.69) is 10.3 Å². The molecule has 7 heteroatoms. The summed E-state index contributed by atoms with van der Waals surface area (Å²) < 4.78 is 0. The van der Waals surface area contributed by atoms with Crippen molar-refractivity contribution in [3.63, 3.8) is 0 Å². The van der Waals surface area contributed by atoms with E-state index in [-0.39, 0.29) is 11.6 Å². The molecule has 24 heavy (non-hydrogen) atoms. The lowest BCUT2D eigenvalue weighted by Crippen LogP contribution is -2.19. The molecule has 0 atom stereocenters. The first-order valence-electron chi connectivity index (χ1n) is 7.12. The van der Waals surface area contributed by atoms with Crippen LogP contribution in [-0.2, 0) is 4.79 Å². The van der Waals surface area contributed by atoms with Gasteiger partial charge in [-0.15, -0.1) is 0 Å². The number of rotatable bonds is 3. The van der Waals surface area contributed by atoms with Crippen LogP contribution >= 0.6 is 11.8 Å². The number of carbonyl (C=O) groups excluding carboxylic acids is 1. The minimum Gasteiger partial charge on any atom is -0.300 e. The monoisotopic (exact) mass is 339 g/mol. The van der Waals surface area contributed by atoms with Crippen molar-refractivity contribution >= 4 is 40.3 Å². The van der Waals surface area contributed by atoms with E-state index in [0.29, 0.717) is 15.6 Å². The zero-order valence-corrected chi connectivity index (χ0v) is 13.5. The van der Waals surface area contributed by atoms with Gasteiger partial charge >= 0.3 is 0 Å². The summed E-state index contributed by atoms with van der Waals surface area (Å²) >= 11 is 1.21. The lowest BCUT2D eigenvalue weighted by atomic mass is 10.2. The molecule has 1 heterocycles. The molecule has 1 N–H and O–H groups in total. The van der Waals surface area contributed by atoms with Gasteiger partial charge in [-0.1, -0.05) is 29.8 Å². The predicted molar refractivity (Wildman–Crippen MR) is 95.1 cm³/mol. The molecule has 0 spiro atoms. The van der Waals surface area contributed by atoms with Crippen LogP contribution in [0, 0.1) is 17.0 Å². The molecule has 0 aromatic heterocycles. The number of nitrogens with one attached hydrogen (secondary N) is 1. The maximum atomic E-state index is 12.0. The highest BCUT2D eigenvalue weighted by Gasteiger charge is 2.24. The van der Waals surface area contributed by atoms with E-state index < -0.39 is 4.92 Å². The number of nitro groups is 1. The van der Waals surface area contributed by atoms with Gasteiger partial charge in [0.25, 0.3) is 11.6 Å². The van der Waals surface area contributed by atoms with E-state index in [0.717, 1.165) is 11.3 Å². The zero-order valence-electron chi connectivity index (χ0n) is 12.7. The van der Waals surface area contributed by atoms with Crippen LogP contribution < -0.4 is 5.32 Å². The highest BCUT2D eigenvalue weighted by molar-refractivity contribution is 8.18. The van der Waals surface area contributed by atoms with Crippen LogP contribution in [0.4, 0.5) is 11.4 Å². The van der Waals surface area contributed by atoms with E-state index in [1.54, 1.807) is 18.2 Å². The Labute approximate surface area is 142 Å². The fourth-order valence-corrected chi connectivity index (χ4v) is 2.94. The first-order valence-corrected chi connectivity index (χ1v) is 7.93. The Morgan fingerprint density at radius 3 is 2.67 bits per heavy atom. The Morgan fingerprint density at radius 2 is 1.96 bits per heavy atom. The molecular formula is C17H13N3O3S. The zero-order chi connectivity index (χ0) is 17.1. The highest BCUT2D eigenvalue weighted by Crippen LogP contribution is 2.28. The molecule has 6 nitrogen and oxygen atoms in total. The largest absolute Gasteiger partial charge is 0.300 e. The quantitative estimate of drug-likeness (QED) is 0.524. The van der Waals surface area contributed by atoms with Crippen molar-refractivity contribution in [2.45, 2.75) is 6.92 Å². The molecule has 1 aliphatic rings. The molecule has 1 aliphatic heterocycles. The number of aliphatic imine (C=N–C) groups is 1. The molecular weight excluding hydrogens is 326 g/mol. The summed E-state index contributed by atoms with van der Waals surface area (Å²) in [7, 11) is 0. The van der Waals surface area contributed by atoms with Gasteiger partial charge in [0.2, 0.25) is 0 Å². The fourth-order valence-electron chi connectivity index (χ4n) is 2.10. The second-order valence-corrected chi connectivity index (χ2v) is 6.20. The maximum Gasteiger partial charge on any atom is 0.270 e. The number of non-ortho nitro benzene ring substituents is 1. The van der Waals surface area contributed by atoms with Crippen LogP contribution in [0.2, 0.25) is 0 Å². The summed E-state index contributed by atoms with van der Waals surface area (Å²) in [5, 5.41) is 14.0. The summed E-state index contributed by atoms with van der Waals surface area (Å²) in [5.41, 5.74) is 2.47. The fraction of sp³-hybridized carbons (Fsp3) is 0.0588. The van der Waals surface area contributed by atoms with E-state index in [1.807, 2.05) is 31.2 Å². The Hall–Kier alpha value is -2.93. The van der Waals surface area contributed by atoms with Crippen molar-refractivity contribution in [1.29, 1.82) is 0 Å². The Balaban J connectivity index is 1.83. The van der Waals surface area contributed by atoms with Crippen LogP contribution in [0.1, 0.15) is 11.1 Å². The lowest BCUT2D eigenvalue weighted by molar-refractivity contribution is -0.384. The van der Waals surface area contributed by atoms with Crippen LogP contribution in [0.25, 0.3) is 6.08 Å². The van der Waals surface area contributed by atoms with Crippen molar-refractivity contribution in [2.24, 2.45) is 4.99 Å². The minimum atomic E-state index is -0.464. The number of benzene rings is 2. The number of aryl methyl sites for hydroxylation is 1. The highest BCUT2D eigenvalue weighted by atomic mass is 32.2. The van der Waals surface area contributed by atoms with Crippen LogP contribution in [0.3, 0.4) is 0 Å². The number of hydrogen-bond acceptors (Lipinski definition) is 5. The third kappa shape index (κ3) is 3.69. The Bertz CT molecular complexity index is 873. The number of amidine groups is 1. The Morgan fingerprint density at radius 1 is 1.21 bits per heavy atom. The number of nitro benzene ring substituents is 1. The van der Waals surface area contributed by atoms with Gasteiger partial charge in [-0.3, -0.25) is 14.9 Å². The maximum absolute atomic E-state index is 12.0. The number of hydrogen-bond donors (Lipinski definition) is 1. The van der Waals surface area contributed by atoms with Gasteiger partial charge in [-0.2, -0.15) is 0 Å². The van der Waals surface area contributed by atoms with Crippen LogP contribution in [0.15, 0.2) is 58.4 Å². The number of amides is 1. The molecule has 3 rings (SSSR count). The SMILES string of the molecule is Cc1ccc(N=C2NC(=O)/C(=C\c3cccc([N+](=O)[O-])c3)S2)cc1. The third-order valence-corrected chi connectivity index (χ3v) is 4.20.